The van der Waals surface area contributed by atoms with Crippen LogP contribution in [0.15, 0.2) is 42.0 Å². The fourth-order valence-electron chi connectivity index (χ4n) is 1.92. The summed E-state index contributed by atoms with van der Waals surface area (Å²) in [6.07, 6.45) is 1.27. The van der Waals surface area contributed by atoms with Gasteiger partial charge in [0.05, 0.1) is 5.02 Å². The Kier molecular flexibility index (Phi) is 4.89. The molecular weight excluding hydrogens is 316 g/mol. The van der Waals surface area contributed by atoms with Crippen molar-refractivity contribution in [2.24, 2.45) is 0 Å². The SMILES string of the molecule is Cc1cccc(NC(=O)/C(C#N)=C/c2cc(O)c(O)c(Cl)c2)c1. The minimum Gasteiger partial charge on any atom is -0.504 e. The summed E-state index contributed by atoms with van der Waals surface area (Å²) in [6, 6.07) is 11.5. The van der Waals surface area contributed by atoms with Crippen molar-refractivity contribution in [3.63, 3.8) is 0 Å². The molecule has 0 saturated heterocycles. The number of carbonyl (C=O) groups excluding carboxylic acids is 1. The predicted octanol–water partition coefficient (Wildman–Crippen LogP) is 3.61. The lowest BCUT2D eigenvalue weighted by Gasteiger charge is -2.06. The third kappa shape index (κ3) is 4.02. The summed E-state index contributed by atoms with van der Waals surface area (Å²) in [5, 5.41) is 30.6. The summed E-state index contributed by atoms with van der Waals surface area (Å²) < 4.78 is 0. The smallest absolute Gasteiger partial charge is 0.266 e. The third-order valence-corrected chi connectivity index (χ3v) is 3.31. The number of anilines is 1. The molecule has 0 bridgehead atoms. The van der Waals surface area contributed by atoms with Gasteiger partial charge in [0.15, 0.2) is 11.5 Å². The van der Waals surface area contributed by atoms with Crippen LogP contribution in [0.2, 0.25) is 5.02 Å². The monoisotopic (exact) mass is 328 g/mol. The molecule has 0 saturated carbocycles. The van der Waals surface area contributed by atoms with E-state index in [9.17, 15) is 15.0 Å². The number of amides is 1. The van der Waals surface area contributed by atoms with E-state index in [0.717, 1.165) is 5.56 Å². The second kappa shape index (κ2) is 6.86. The third-order valence-electron chi connectivity index (χ3n) is 3.02. The molecule has 5 nitrogen and oxygen atoms in total. The highest BCUT2D eigenvalue weighted by Crippen LogP contribution is 2.34. The van der Waals surface area contributed by atoms with Crippen molar-refractivity contribution in [2.45, 2.75) is 6.92 Å². The maximum atomic E-state index is 12.1. The minimum atomic E-state index is -0.582. The van der Waals surface area contributed by atoms with Crippen LogP contribution in [0.4, 0.5) is 5.69 Å². The highest BCUT2D eigenvalue weighted by atomic mass is 35.5. The topological polar surface area (TPSA) is 93.4 Å². The number of nitrogens with zero attached hydrogens (tertiary/aromatic N) is 1. The average Bonchev–Trinajstić information content (AvgIpc) is 2.50. The Morgan fingerprint density at radius 1 is 1.30 bits per heavy atom. The lowest BCUT2D eigenvalue weighted by molar-refractivity contribution is -0.112. The van der Waals surface area contributed by atoms with Gasteiger partial charge in [-0.3, -0.25) is 4.79 Å². The Balaban J connectivity index is 2.28. The number of nitriles is 1. The summed E-state index contributed by atoms with van der Waals surface area (Å²) >= 11 is 5.75. The molecule has 3 N–H and O–H groups in total. The molecule has 0 fully saturated rings. The van der Waals surface area contributed by atoms with Crippen LogP contribution < -0.4 is 5.32 Å². The van der Waals surface area contributed by atoms with Crippen molar-refractivity contribution in [2.75, 3.05) is 5.32 Å². The second-order valence-corrected chi connectivity index (χ2v) is 5.27. The molecule has 0 aliphatic heterocycles. The van der Waals surface area contributed by atoms with E-state index >= 15 is 0 Å². The van der Waals surface area contributed by atoms with Crippen LogP contribution in [0.5, 0.6) is 11.5 Å². The van der Waals surface area contributed by atoms with E-state index in [0.29, 0.717) is 11.3 Å². The molecule has 0 aliphatic carbocycles. The average molecular weight is 329 g/mol. The van der Waals surface area contributed by atoms with Crippen LogP contribution in [-0.2, 0) is 4.79 Å². The fraction of sp³-hybridized carbons (Fsp3) is 0.0588. The first-order valence-electron chi connectivity index (χ1n) is 6.62. The summed E-state index contributed by atoms with van der Waals surface area (Å²) in [4.78, 5) is 12.1. The first-order chi connectivity index (χ1) is 10.9. The normalized spacial score (nSPS) is 10.9. The van der Waals surface area contributed by atoms with Crippen molar-refractivity contribution in [3.8, 4) is 17.6 Å². The summed E-state index contributed by atoms with van der Waals surface area (Å²) in [5.41, 5.74) is 1.71. The van der Waals surface area contributed by atoms with E-state index in [1.807, 2.05) is 13.0 Å². The van der Waals surface area contributed by atoms with Gasteiger partial charge in [0.25, 0.3) is 5.91 Å². The van der Waals surface area contributed by atoms with Crippen LogP contribution in [0, 0.1) is 18.3 Å². The number of phenols is 2. The van der Waals surface area contributed by atoms with Gasteiger partial charge in [-0.05, 0) is 48.4 Å². The predicted molar refractivity (Wildman–Crippen MR) is 88.2 cm³/mol. The number of phenolic OH excluding ortho intramolecular Hbond substituents is 2. The van der Waals surface area contributed by atoms with Gasteiger partial charge in [-0.15, -0.1) is 0 Å². The molecule has 0 aliphatic rings. The zero-order valence-corrected chi connectivity index (χ0v) is 12.9. The molecule has 0 atom stereocenters. The number of rotatable bonds is 3. The highest BCUT2D eigenvalue weighted by Gasteiger charge is 2.12. The number of aryl methyl sites for hydroxylation is 1. The van der Waals surface area contributed by atoms with Gasteiger partial charge in [0, 0.05) is 5.69 Å². The van der Waals surface area contributed by atoms with E-state index in [2.05, 4.69) is 5.32 Å². The zero-order chi connectivity index (χ0) is 17.0. The van der Waals surface area contributed by atoms with Gasteiger partial charge in [0.2, 0.25) is 0 Å². The van der Waals surface area contributed by atoms with Gasteiger partial charge in [0.1, 0.15) is 11.6 Å². The molecule has 2 aromatic rings. The highest BCUT2D eigenvalue weighted by molar-refractivity contribution is 6.32. The molecule has 23 heavy (non-hydrogen) atoms. The number of aromatic hydroxyl groups is 2. The minimum absolute atomic E-state index is 0.0763. The quantitative estimate of drug-likeness (QED) is 0.456. The van der Waals surface area contributed by atoms with E-state index in [-0.39, 0.29) is 10.6 Å². The molecule has 2 aromatic carbocycles. The zero-order valence-electron chi connectivity index (χ0n) is 12.2. The van der Waals surface area contributed by atoms with Gasteiger partial charge in [-0.1, -0.05) is 23.7 Å². The Morgan fingerprint density at radius 3 is 2.65 bits per heavy atom. The lowest BCUT2D eigenvalue weighted by atomic mass is 10.1. The number of halogens is 1. The largest absolute Gasteiger partial charge is 0.504 e. The molecule has 0 aromatic heterocycles. The van der Waals surface area contributed by atoms with Crippen LogP contribution in [0.1, 0.15) is 11.1 Å². The molecule has 6 heteroatoms. The van der Waals surface area contributed by atoms with Crippen molar-refractivity contribution in [1.29, 1.82) is 5.26 Å². The van der Waals surface area contributed by atoms with Crippen LogP contribution in [-0.4, -0.2) is 16.1 Å². The molecule has 2 rings (SSSR count). The van der Waals surface area contributed by atoms with Crippen LogP contribution >= 0.6 is 11.6 Å². The van der Waals surface area contributed by atoms with Gasteiger partial charge >= 0.3 is 0 Å². The summed E-state index contributed by atoms with van der Waals surface area (Å²) in [7, 11) is 0. The Morgan fingerprint density at radius 2 is 2.04 bits per heavy atom. The Hall–Kier alpha value is -2.97. The maximum Gasteiger partial charge on any atom is 0.266 e. The van der Waals surface area contributed by atoms with Gasteiger partial charge in [-0.25, -0.2) is 0 Å². The molecule has 1 amide bonds. The van der Waals surface area contributed by atoms with E-state index in [1.54, 1.807) is 24.3 Å². The Labute approximate surface area is 138 Å². The van der Waals surface area contributed by atoms with E-state index in [4.69, 9.17) is 16.9 Å². The number of nitrogens with one attached hydrogen (secondary N) is 1. The molecule has 116 valence electrons. The Bertz CT molecular complexity index is 815. The second-order valence-electron chi connectivity index (χ2n) is 4.86. The van der Waals surface area contributed by atoms with E-state index < -0.39 is 17.4 Å². The molecular formula is C17H13ClN2O3. The lowest BCUT2D eigenvalue weighted by Crippen LogP contribution is -2.13. The summed E-state index contributed by atoms with van der Waals surface area (Å²) in [5.74, 6) is -1.46. The van der Waals surface area contributed by atoms with Crippen molar-refractivity contribution >= 4 is 29.3 Å². The van der Waals surface area contributed by atoms with Gasteiger partial charge in [-0.2, -0.15) is 5.26 Å². The fourth-order valence-corrected chi connectivity index (χ4v) is 2.15. The molecule has 0 radical (unpaired) electrons. The number of hydrogen-bond acceptors (Lipinski definition) is 4. The molecule has 0 unspecified atom stereocenters. The summed E-state index contributed by atoms with van der Waals surface area (Å²) in [6.45, 7) is 1.89. The van der Waals surface area contributed by atoms with Crippen molar-refractivity contribution in [1.82, 2.24) is 0 Å². The number of hydrogen-bond donors (Lipinski definition) is 3. The van der Waals surface area contributed by atoms with E-state index in [1.165, 1.54) is 18.2 Å². The standard InChI is InChI=1S/C17H13ClN2O3/c1-10-3-2-4-13(5-10)20-17(23)12(9-19)6-11-7-14(18)16(22)15(21)8-11/h2-8,21-22H,1H3,(H,20,23)/b12-6+. The van der Waals surface area contributed by atoms with Crippen molar-refractivity contribution < 1.29 is 15.0 Å². The number of carbonyl (C=O) groups is 1. The van der Waals surface area contributed by atoms with Crippen LogP contribution in [0.25, 0.3) is 6.08 Å². The maximum absolute atomic E-state index is 12.1. The first kappa shape index (κ1) is 16.4. The molecule has 0 heterocycles. The van der Waals surface area contributed by atoms with Crippen molar-refractivity contribution in [3.05, 3.63) is 58.1 Å². The first-order valence-corrected chi connectivity index (χ1v) is 7.00. The van der Waals surface area contributed by atoms with Gasteiger partial charge < -0.3 is 15.5 Å². The van der Waals surface area contributed by atoms with Crippen LogP contribution in [0.3, 0.4) is 0 Å². The molecule has 0 spiro atoms. The number of benzene rings is 2.